The van der Waals surface area contributed by atoms with Crippen LogP contribution in [0.5, 0.6) is 0 Å². The van der Waals surface area contributed by atoms with Gasteiger partial charge in [0.25, 0.3) is 0 Å². The molecule has 234 valence electrons. The molecule has 1 saturated carbocycles. The summed E-state index contributed by atoms with van der Waals surface area (Å²) >= 11 is 1.09. The van der Waals surface area contributed by atoms with Crippen LogP contribution in [0.1, 0.15) is 86.5 Å². The van der Waals surface area contributed by atoms with Crippen molar-refractivity contribution in [1.29, 1.82) is 0 Å². The maximum atomic E-state index is 14.2. The molecule has 2 aliphatic rings. The van der Waals surface area contributed by atoms with Crippen molar-refractivity contribution in [1.82, 2.24) is 14.2 Å². The number of amides is 1. The first kappa shape index (κ1) is 33.1. The van der Waals surface area contributed by atoms with Gasteiger partial charge in [-0.3, -0.25) is 9.78 Å². The molecule has 0 bridgehead atoms. The van der Waals surface area contributed by atoms with Gasteiger partial charge in [-0.2, -0.15) is 4.31 Å². The molecule has 2 aromatic heterocycles. The van der Waals surface area contributed by atoms with E-state index in [1.54, 1.807) is 23.1 Å². The molecule has 43 heavy (non-hydrogen) atoms. The maximum absolute atomic E-state index is 14.2. The number of hydrogen-bond donors (Lipinski definition) is 1. The summed E-state index contributed by atoms with van der Waals surface area (Å²) in [6.45, 7) is 9.22. The van der Waals surface area contributed by atoms with E-state index in [-0.39, 0.29) is 46.1 Å². The number of thiophene rings is 1. The number of hydrogen-bond acceptors (Lipinski definition) is 7. The second-order valence-corrected chi connectivity index (χ2v) is 16.1. The molecule has 0 aromatic carbocycles. The molecule has 0 unspecified atom stereocenters. The lowest BCUT2D eigenvalue weighted by molar-refractivity contribution is -0.124. The van der Waals surface area contributed by atoms with Gasteiger partial charge in [0, 0.05) is 43.2 Å². The second kappa shape index (κ2) is 13.5. The van der Waals surface area contributed by atoms with Gasteiger partial charge in [-0.1, -0.05) is 18.8 Å². The van der Waals surface area contributed by atoms with E-state index in [9.17, 15) is 23.1 Å². The van der Waals surface area contributed by atoms with Crippen LogP contribution < -0.4 is 4.90 Å². The zero-order valence-electron chi connectivity index (χ0n) is 26.1. The fourth-order valence-electron chi connectivity index (χ4n) is 5.69. The van der Waals surface area contributed by atoms with Crippen LogP contribution in [-0.2, 0) is 21.4 Å². The summed E-state index contributed by atoms with van der Waals surface area (Å²) in [7, 11) is 0.0878. The molecular weight excluding hydrogens is 585 g/mol. The van der Waals surface area contributed by atoms with Crippen molar-refractivity contribution in [3.8, 4) is 11.8 Å². The lowest BCUT2D eigenvalue weighted by atomic mass is 9.82. The van der Waals surface area contributed by atoms with Gasteiger partial charge in [0.1, 0.15) is 9.77 Å². The Bertz CT molecular complexity index is 1470. The van der Waals surface area contributed by atoms with E-state index in [2.05, 4.69) is 23.7 Å². The molecule has 11 heteroatoms. The number of carbonyl (C=O) groups excluding carboxylic acids is 1. The van der Waals surface area contributed by atoms with Gasteiger partial charge in [0.05, 0.1) is 16.3 Å². The number of nitrogens with zero attached hydrogens (tertiary/aromatic N) is 4. The van der Waals surface area contributed by atoms with E-state index in [4.69, 9.17) is 0 Å². The predicted octanol–water partition coefficient (Wildman–Crippen LogP) is 5.31. The molecule has 0 radical (unpaired) electrons. The Hall–Kier alpha value is -2.78. The van der Waals surface area contributed by atoms with Gasteiger partial charge in [-0.25, -0.2) is 13.2 Å². The SMILES string of the molecule is CC1CCC(C(=O)N(c2cc(C#CC(C)(C)C)sc2C(=O)O)C2CCN(S(=O)(=O)c3ccc(CN(C)C)nc3)CC2)CC1. The van der Waals surface area contributed by atoms with Crippen molar-refractivity contribution in [2.45, 2.75) is 83.7 Å². The Morgan fingerprint density at radius 1 is 1.09 bits per heavy atom. The Morgan fingerprint density at radius 2 is 1.74 bits per heavy atom. The third-order valence-electron chi connectivity index (χ3n) is 8.03. The van der Waals surface area contributed by atoms with E-state index in [1.165, 1.54) is 10.5 Å². The highest BCUT2D eigenvalue weighted by Crippen LogP contribution is 2.38. The van der Waals surface area contributed by atoms with Gasteiger partial charge >= 0.3 is 5.97 Å². The number of aromatic carboxylic acids is 1. The largest absolute Gasteiger partial charge is 0.477 e. The van der Waals surface area contributed by atoms with E-state index < -0.39 is 16.0 Å². The first-order chi connectivity index (χ1) is 20.2. The van der Waals surface area contributed by atoms with Gasteiger partial charge < -0.3 is 14.9 Å². The lowest BCUT2D eigenvalue weighted by Gasteiger charge is -2.40. The minimum absolute atomic E-state index is 0.0653. The zero-order chi connectivity index (χ0) is 31.5. The van der Waals surface area contributed by atoms with Crippen molar-refractivity contribution in [2.24, 2.45) is 17.3 Å². The van der Waals surface area contributed by atoms with Crippen LogP contribution in [0, 0.1) is 29.1 Å². The monoisotopic (exact) mass is 628 g/mol. The number of carbonyl (C=O) groups is 2. The molecule has 2 aromatic rings. The minimum atomic E-state index is -3.76. The summed E-state index contributed by atoms with van der Waals surface area (Å²) in [5, 5.41) is 10.2. The molecule has 1 saturated heterocycles. The number of carboxylic acid groups (broad SMARTS) is 1. The smallest absolute Gasteiger partial charge is 0.348 e. The Morgan fingerprint density at radius 3 is 2.28 bits per heavy atom. The van der Waals surface area contributed by atoms with Crippen LogP contribution in [0.2, 0.25) is 0 Å². The first-order valence-electron chi connectivity index (χ1n) is 15.0. The summed E-state index contributed by atoms with van der Waals surface area (Å²) in [5.74, 6) is 5.50. The van der Waals surface area contributed by atoms with Crippen molar-refractivity contribution in [3.63, 3.8) is 0 Å². The highest BCUT2D eigenvalue weighted by molar-refractivity contribution is 7.89. The maximum Gasteiger partial charge on any atom is 0.348 e. The third-order valence-corrected chi connectivity index (χ3v) is 10.9. The third kappa shape index (κ3) is 8.24. The molecule has 3 heterocycles. The van der Waals surface area contributed by atoms with Crippen LogP contribution >= 0.6 is 11.3 Å². The standard InChI is InChI=1S/C32H44N4O5S2/c1-22-7-9-23(10-8-22)30(37)36(28-19-26(13-16-32(2,3)4)42-29(28)31(38)39)25-14-17-35(18-15-25)43(40,41)27-12-11-24(33-20-27)21-34(5)6/h11-12,19-20,22-23,25H,7-10,14-15,17-18,21H2,1-6H3,(H,38,39). The van der Waals surface area contributed by atoms with E-state index in [0.29, 0.717) is 35.9 Å². The fraction of sp³-hybridized carbons (Fsp3) is 0.594. The molecular formula is C32H44N4O5S2. The van der Waals surface area contributed by atoms with Gasteiger partial charge in [0.15, 0.2) is 0 Å². The average molecular weight is 629 g/mol. The number of piperidine rings is 1. The average Bonchev–Trinajstić information content (AvgIpc) is 3.36. The number of rotatable bonds is 8. The molecule has 2 fully saturated rings. The number of sulfonamides is 1. The van der Waals surface area contributed by atoms with E-state index in [1.807, 2.05) is 39.8 Å². The number of carboxylic acids is 1. The fourth-order valence-corrected chi connectivity index (χ4v) is 7.95. The summed E-state index contributed by atoms with van der Waals surface area (Å²) < 4.78 is 28.4. The predicted molar refractivity (Wildman–Crippen MR) is 170 cm³/mol. The minimum Gasteiger partial charge on any atom is -0.477 e. The molecule has 9 nitrogen and oxygen atoms in total. The number of pyridine rings is 1. The molecule has 0 atom stereocenters. The van der Waals surface area contributed by atoms with E-state index in [0.717, 1.165) is 42.7 Å². The molecule has 1 aliphatic carbocycles. The van der Waals surface area contributed by atoms with Crippen molar-refractivity contribution in [2.75, 3.05) is 32.1 Å². The molecule has 4 rings (SSSR count). The van der Waals surface area contributed by atoms with Gasteiger partial charge in [0.2, 0.25) is 15.9 Å². The van der Waals surface area contributed by atoms with Crippen molar-refractivity contribution < 1.29 is 23.1 Å². The molecule has 1 aliphatic heterocycles. The normalized spacial score (nSPS) is 20.4. The lowest BCUT2D eigenvalue weighted by Crippen LogP contribution is -2.51. The van der Waals surface area contributed by atoms with Crippen molar-refractivity contribution in [3.05, 3.63) is 39.8 Å². The van der Waals surface area contributed by atoms with Crippen LogP contribution in [0.3, 0.4) is 0 Å². The highest BCUT2D eigenvalue weighted by Gasteiger charge is 2.39. The summed E-state index contributed by atoms with van der Waals surface area (Å²) in [6, 6.07) is 4.74. The Kier molecular flexibility index (Phi) is 10.4. The molecule has 1 amide bonds. The number of aromatic nitrogens is 1. The molecule has 0 spiro atoms. The van der Waals surface area contributed by atoms with Crippen LogP contribution in [0.15, 0.2) is 29.3 Å². The topological polar surface area (TPSA) is 111 Å². The van der Waals surface area contributed by atoms with Gasteiger partial charge in [-0.15, -0.1) is 11.3 Å². The number of anilines is 1. The zero-order valence-corrected chi connectivity index (χ0v) is 27.7. The molecule has 1 N–H and O–H groups in total. The second-order valence-electron chi connectivity index (χ2n) is 13.2. The summed E-state index contributed by atoms with van der Waals surface area (Å²) in [5.41, 5.74) is 0.898. The van der Waals surface area contributed by atoms with Gasteiger partial charge in [-0.05, 0) is 97.5 Å². The Labute approximate surface area is 260 Å². The summed E-state index contributed by atoms with van der Waals surface area (Å²) in [6.07, 6.45) is 5.66. The Balaban J connectivity index is 1.61. The first-order valence-corrected chi connectivity index (χ1v) is 17.2. The highest BCUT2D eigenvalue weighted by atomic mass is 32.2. The van der Waals surface area contributed by atoms with E-state index >= 15 is 0 Å². The van der Waals surface area contributed by atoms with Crippen LogP contribution in [0.4, 0.5) is 5.69 Å². The van der Waals surface area contributed by atoms with Crippen LogP contribution in [-0.4, -0.2) is 72.8 Å². The van der Waals surface area contributed by atoms with Crippen molar-refractivity contribution >= 4 is 38.9 Å². The summed E-state index contributed by atoms with van der Waals surface area (Å²) in [4.78, 5) is 35.4. The van der Waals surface area contributed by atoms with Crippen LogP contribution in [0.25, 0.3) is 0 Å². The quantitative estimate of drug-likeness (QED) is 0.395.